The van der Waals surface area contributed by atoms with Crippen LogP contribution in [0, 0.1) is 5.41 Å². The van der Waals surface area contributed by atoms with Gasteiger partial charge in [0.05, 0.1) is 35.5 Å². The van der Waals surface area contributed by atoms with Gasteiger partial charge < -0.3 is 15.6 Å². The standard InChI is InChI=1S/C21H25F3N6O2.C5H9F3/c1-12(2)30-17(7-9-26-30)20(32)25-11-18-28-15-5-4-14(10-16(15)29-18)13(3)27-19(31)6-8-21(22,23)24;1-4(2,3)5(6,7)8/h4-5,7,9-10,12-13H,6,8,11H2,1-3H3,(H,25,32)(H,27,31)(H,28,29);1-3H3. The minimum atomic E-state index is -4.37. The number of aromatic nitrogens is 4. The summed E-state index contributed by atoms with van der Waals surface area (Å²) in [6, 6.07) is 6.50. The van der Waals surface area contributed by atoms with E-state index >= 15 is 0 Å². The van der Waals surface area contributed by atoms with Crippen molar-refractivity contribution >= 4 is 22.8 Å². The van der Waals surface area contributed by atoms with Gasteiger partial charge in [-0.1, -0.05) is 26.8 Å². The topological polar surface area (TPSA) is 105 Å². The van der Waals surface area contributed by atoms with E-state index in [-0.39, 0.29) is 18.5 Å². The van der Waals surface area contributed by atoms with Gasteiger partial charge >= 0.3 is 12.4 Å². The maximum absolute atomic E-state index is 12.5. The summed E-state index contributed by atoms with van der Waals surface area (Å²) < 4.78 is 73.2. The second kappa shape index (κ2) is 12.7. The first-order valence-corrected chi connectivity index (χ1v) is 12.5. The van der Waals surface area contributed by atoms with Crippen LogP contribution in [-0.2, 0) is 11.3 Å². The number of nitrogens with zero attached hydrogens (tertiary/aromatic N) is 3. The molecule has 0 aliphatic heterocycles. The third-order valence-electron chi connectivity index (χ3n) is 5.73. The molecule has 3 N–H and O–H groups in total. The summed E-state index contributed by atoms with van der Waals surface area (Å²) in [6.07, 6.45) is -8.62. The fraction of sp³-hybridized carbons (Fsp3) is 0.538. The third-order valence-corrected chi connectivity index (χ3v) is 5.73. The predicted octanol–water partition coefficient (Wildman–Crippen LogP) is 6.38. The minimum Gasteiger partial charge on any atom is -0.350 e. The normalized spacial score (nSPS) is 13.1. The first-order chi connectivity index (χ1) is 18.3. The number of H-pyrrole nitrogens is 1. The lowest BCUT2D eigenvalue weighted by Crippen LogP contribution is -2.28. The predicted molar refractivity (Wildman–Crippen MR) is 137 cm³/mol. The van der Waals surface area contributed by atoms with Crippen LogP contribution in [0.5, 0.6) is 0 Å². The molecule has 1 unspecified atom stereocenters. The van der Waals surface area contributed by atoms with Crippen molar-refractivity contribution in [1.82, 2.24) is 30.4 Å². The van der Waals surface area contributed by atoms with E-state index in [0.29, 0.717) is 22.6 Å². The van der Waals surface area contributed by atoms with Gasteiger partial charge in [-0.2, -0.15) is 31.4 Å². The van der Waals surface area contributed by atoms with Crippen LogP contribution >= 0.6 is 0 Å². The summed E-state index contributed by atoms with van der Waals surface area (Å²) in [6.45, 7) is 9.17. The Morgan fingerprint density at radius 1 is 1.02 bits per heavy atom. The first kappa shape index (κ1) is 32.6. The van der Waals surface area contributed by atoms with Crippen molar-refractivity contribution in [3.8, 4) is 0 Å². The van der Waals surface area contributed by atoms with Crippen molar-refractivity contribution < 1.29 is 35.9 Å². The number of amides is 2. The van der Waals surface area contributed by atoms with Crippen molar-refractivity contribution in [2.75, 3.05) is 0 Å². The lowest BCUT2D eigenvalue weighted by atomic mass is 9.96. The number of hydrogen-bond acceptors (Lipinski definition) is 4. The van der Waals surface area contributed by atoms with Crippen molar-refractivity contribution in [2.45, 2.75) is 85.4 Å². The summed E-state index contributed by atoms with van der Waals surface area (Å²) in [5, 5.41) is 9.52. The molecule has 1 atom stereocenters. The molecular formula is C26H34F6N6O2. The van der Waals surface area contributed by atoms with E-state index < -0.39 is 42.6 Å². The number of alkyl halides is 6. The van der Waals surface area contributed by atoms with Crippen molar-refractivity contribution in [3.05, 3.63) is 47.5 Å². The van der Waals surface area contributed by atoms with Crippen LogP contribution in [0.2, 0.25) is 0 Å². The number of fused-ring (bicyclic) bond motifs is 1. The van der Waals surface area contributed by atoms with Crippen LogP contribution in [0.3, 0.4) is 0 Å². The first-order valence-electron chi connectivity index (χ1n) is 12.5. The highest BCUT2D eigenvalue weighted by molar-refractivity contribution is 5.92. The average molecular weight is 577 g/mol. The third kappa shape index (κ3) is 9.56. The monoisotopic (exact) mass is 576 g/mol. The van der Waals surface area contributed by atoms with E-state index in [4.69, 9.17) is 0 Å². The number of hydrogen-bond donors (Lipinski definition) is 3. The smallest absolute Gasteiger partial charge is 0.350 e. The lowest BCUT2D eigenvalue weighted by molar-refractivity contribution is -0.204. The molecule has 0 aliphatic carbocycles. The molecule has 1 aromatic carbocycles. The van der Waals surface area contributed by atoms with Gasteiger partial charge in [-0.3, -0.25) is 14.3 Å². The molecule has 2 heterocycles. The molecule has 40 heavy (non-hydrogen) atoms. The summed E-state index contributed by atoms with van der Waals surface area (Å²) >= 11 is 0. The maximum atomic E-state index is 12.5. The number of carbonyl (C=O) groups is 2. The van der Waals surface area contributed by atoms with E-state index in [1.165, 1.54) is 0 Å². The molecule has 2 aromatic heterocycles. The lowest BCUT2D eigenvalue weighted by Gasteiger charge is -2.21. The molecule has 3 aromatic rings. The second-order valence-electron chi connectivity index (χ2n) is 10.5. The van der Waals surface area contributed by atoms with Crippen LogP contribution in [0.25, 0.3) is 11.0 Å². The zero-order valence-electron chi connectivity index (χ0n) is 23.1. The highest BCUT2D eigenvalue weighted by Crippen LogP contribution is 2.36. The zero-order chi connectivity index (χ0) is 30.5. The van der Waals surface area contributed by atoms with Crippen LogP contribution < -0.4 is 10.6 Å². The minimum absolute atomic E-state index is 0.0475. The van der Waals surface area contributed by atoms with E-state index in [9.17, 15) is 35.9 Å². The van der Waals surface area contributed by atoms with Crippen LogP contribution in [0.1, 0.15) is 88.3 Å². The van der Waals surface area contributed by atoms with E-state index in [0.717, 1.165) is 26.3 Å². The number of imidazole rings is 1. The SMILES string of the molecule is CC(C)(C)C(F)(F)F.CC(NC(=O)CCC(F)(F)F)c1ccc2nc(CNC(=O)c3ccnn3C(C)C)[nH]c2c1. The molecule has 0 aliphatic rings. The number of benzene rings is 1. The fourth-order valence-electron chi connectivity index (χ4n) is 3.25. The molecule has 0 bridgehead atoms. The summed E-state index contributed by atoms with van der Waals surface area (Å²) in [4.78, 5) is 31.8. The molecule has 0 radical (unpaired) electrons. The molecule has 14 heteroatoms. The number of carbonyl (C=O) groups excluding carboxylic acids is 2. The van der Waals surface area contributed by atoms with Gasteiger partial charge in [-0.25, -0.2) is 4.98 Å². The van der Waals surface area contributed by atoms with Crippen molar-refractivity contribution in [3.63, 3.8) is 0 Å². The zero-order valence-corrected chi connectivity index (χ0v) is 23.1. The van der Waals surface area contributed by atoms with Crippen LogP contribution in [0.4, 0.5) is 26.3 Å². The highest BCUT2D eigenvalue weighted by atomic mass is 19.4. The van der Waals surface area contributed by atoms with Crippen molar-refractivity contribution in [1.29, 1.82) is 0 Å². The second-order valence-corrected chi connectivity index (χ2v) is 10.5. The van der Waals surface area contributed by atoms with Gasteiger partial charge in [-0.05, 0) is 44.5 Å². The van der Waals surface area contributed by atoms with Gasteiger partial charge in [0, 0.05) is 18.7 Å². The Morgan fingerprint density at radius 3 is 2.20 bits per heavy atom. The number of rotatable bonds is 8. The molecule has 222 valence electrons. The Hall–Kier alpha value is -3.58. The number of halogens is 6. The number of aromatic amines is 1. The van der Waals surface area contributed by atoms with Gasteiger partial charge in [0.15, 0.2) is 0 Å². The Kier molecular flexibility index (Phi) is 10.4. The number of nitrogens with one attached hydrogen (secondary N) is 3. The molecule has 8 nitrogen and oxygen atoms in total. The van der Waals surface area contributed by atoms with Gasteiger partial charge in [0.1, 0.15) is 11.5 Å². The molecule has 0 spiro atoms. The van der Waals surface area contributed by atoms with Gasteiger partial charge in [0.25, 0.3) is 5.91 Å². The van der Waals surface area contributed by atoms with E-state index in [1.807, 2.05) is 13.8 Å². The maximum Gasteiger partial charge on any atom is 0.393 e. The Labute approximate surface area is 227 Å². The van der Waals surface area contributed by atoms with Crippen LogP contribution in [-0.4, -0.2) is 43.9 Å². The van der Waals surface area contributed by atoms with E-state index in [2.05, 4.69) is 25.7 Å². The summed E-state index contributed by atoms with van der Waals surface area (Å²) in [7, 11) is 0. The Morgan fingerprint density at radius 2 is 1.65 bits per heavy atom. The Balaban J connectivity index is 0.000000611. The molecular weight excluding hydrogens is 542 g/mol. The van der Waals surface area contributed by atoms with E-state index in [1.54, 1.807) is 42.1 Å². The summed E-state index contributed by atoms with van der Waals surface area (Å²) in [5.41, 5.74) is 0.968. The van der Waals surface area contributed by atoms with Crippen molar-refractivity contribution in [2.24, 2.45) is 5.41 Å². The molecule has 2 amide bonds. The Bertz CT molecular complexity index is 1280. The molecule has 0 saturated carbocycles. The van der Waals surface area contributed by atoms with Gasteiger partial charge in [-0.15, -0.1) is 0 Å². The molecule has 3 rings (SSSR count). The van der Waals surface area contributed by atoms with Gasteiger partial charge in [0.2, 0.25) is 5.91 Å². The highest BCUT2D eigenvalue weighted by Gasteiger charge is 2.42. The molecule has 0 fully saturated rings. The average Bonchev–Trinajstić information content (AvgIpc) is 3.46. The summed E-state index contributed by atoms with van der Waals surface area (Å²) in [5.74, 6) is -0.390. The molecule has 0 saturated heterocycles. The fourth-order valence-corrected chi connectivity index (χ4v) is 3.25. The largest absolute Gasteiger partial charge is 0.393 e. The van der Waals surface area contributed by atoms with Crippen LogP contribution in [0.15, 0.2) is 30.5 Å². The quantitative estimate of drug-likeness (QED) is 0.271.